The summed E-state index contributed by atoms with van der Waals surface area (Å²) in [5.41, 5.74) is 4.64. The van der Waals surface area contributed by atoms with Crippen LogP contribution in [0.5, 0.6) is 11.5 Å². The van der Waals surface area contributed by atoms with Gasteiger partial charge in [-0.1, -0.05) is 17.7 Å². The fourth-order valence-corrected chi connectivity index (χ4v) is 2.29. The highest BCUT2D eigenvalue weighted by molar-refractivity contribution is 6.31. The van der Waals surface area contributed by atoms with Crippen LogP contribution in [0.3, 0.4) is 0 Å². The van der Waals surface area contributed by atoms with Crippen molar-refractivity contribution in [3.8, 4) is 11.5 Å². The first-order valence-corrected chi connectivity index (χ1v) is 7.28. The summed E-state index contributed by atoms with van der Waals surface area (Å²) in [6.07, 6.45) is 0. The highest BCUT2D eigenvalue weighted by Gasteiger charge is 2.12. The van der Waals surface area contributed by atoms with Crippen molar-refractivity contribution in [1.82, 2.24) is 5.43 Å². The molecule has 0 aromatic heterocycles. The Hall–Kier alpha value is -2.44. The summed E-state index contributed by atoms with van der Waals surface area (Å²) in [6.45, 7) is 3.78. The number of hydrogen-bond acceptors (Lipinski definition) is 4. The van der Waals surface area contributed by atoms with Gasteiger partial charge in [0.15, 0.2) is 0 Å². The molecule has 0 aliphatic carbocycles. The summed E-state index contributed by atoms with van der Waals surface area (Å²) in [7, 11) is 0. The predicted molar refractivity (Wildman–Crippen MR) is 89.7 cm³/mol. The van der Waals surface area contributed by atoms with E-state index in [9.17, 15) is 9.90 Å². The van der Waals surface area contributed by atoms with Crippen molar-refractivity contribution in [2.45, 2.75) is 20.5 Å². The van der Waals surface area contributed by atoms with Gasteiger partial charge < -0.3 is 15.2 Å². The van der Waals surface area contributed by atoms with Gasteiger partial charge in [-0.15, -0.1) is 0 Å². The van der Waals surface area contributed by atoms with Gasteiger partial charge in [-0.25, -0.2) is 10.6 Å². The summed E-state index contributed by atoms with van der Waals surface area (Å²) in [5.74, 6) is 5.92. The Labute approximate surface area is 139 Å². The van der Waals surface area contributed by atoms with Crippen LogP contribution < -0.4 is 21.3 Å². The lowest BCUT2D eigenvalue weighted by Gasteiger charge is -2.15. The molecule has 0 aliphatic heterocycles. The van der Waals surface area contributed by atoms with Gasteiger partial charge in [-0.2, -0.15) is 0 Å². The molecule has 0 saturated carbocycles. The van der Waals surface area contributed by atoms with Crippen molar-refractivity contribution in [3.05, 3.63) is 52.0 Å². The standard InChI is InChI=1S/C16H18ClN3O3/c1-9-7-15(10(2)6-14(9)21)23-8-11-12(17)4-3-5-13(11)19-16(22)20-18/h3-7,21H,8,18H2,1-2H3,(H2,19,20,22). The number of phenols is 1. The third kappa shape index (κ3) is 4.06. The molecule has 0 saturated heterocycles. The maximum Gasteiger partial charge on any atom is 0.333 e. The molecule has 0 spiro atoms. The number of ether oxygens (including phenoxy) is 1. The van der Waals surface area contributed by atoms with Crippen molar-refractivity contribution in [3.63, 3.8) is 0 Å². The van der Waals surface area contributed by atoms with Gasteiger partial charge in [0.2, 0.25) is 0 Å². The molecule has 2 aromatic rings. The minimum Gasteiger partial charge on any atom is -0.508 e. The van der Waals surface area contributed by atoms with Gasteiger partial charge >= 0.3 is 6.03 Å². The SMILES string of the molecule is Cc1cc(OCc2c(Cl)cccc2NC(=O)NN)c(C)cc1O. The third-order valence-corrected chi connectivity index (χ3v) is 3.72. The van der Waals surface area contributed by atoms with Crippen LogP contribution in [0.15, 0.2) is 30.3 Å². The van der Waals surface area contributed by atoms with Crippen molar-refractivity contribution in [2.24, 2.45) is 5.84 Å². The number of nitrogens with one attached hydrogen (secondary N) is 2. The molecule has 0 atom stereocenters. The van der Waals surface area contributed by atoms with E-state index >= 15 is 0 Å². The summed E-state index contributed by atoms with van der Waals surface area (Å²) in [5, 5.41) is 12.7. The molecule has 0 fully saturated rings. The smallest absolute Gasteiger partial charge is 0.333 e. The minimum absolute atomic E-state index is 0.158. The lowest BCUT2D eigenvalue weighted by atomic mass is 10.1. The minimum atomic E-state index is -0.551. The maximum absolute atomic E-state index is 11.4. The number of nitrogens with two attached hydrogens (primary N) is 1. The van der Waals surface area contributed by atoms with E-state index in [0.717, 1.165) is 5.56 Å². The highest BCUT2D eigenvalue weighted by Crippen LogP contribution is 2.30. The summed E-state index contributed by atoms with van der Waals surface area (Å²) < 4.78 is 5.80. The summed E-state index contributed by atoms with van der Waals surface area (Å²) in [6, 6.07) is 7.97. The Balaban J connectivity index is 2.23. The van der Waals surface area contributed by atoms with E-state index in [1.165, 1.54) is 0 Å². The lowest BCUT2D eigenvalue weighted by molar-refractivity contribution is 0.252. The molecule has 2 amide bonds. The van der Waals surface area contributed by atoms with E-state index in [1.54, 1.807) is 37.3 Å². The van der Waals surface area contributed by atoms with Crippen LogP contribution in [-0.4, -0.2) is 11.1 Å². The maximum atomic E-state index is 11.4. The number of carbonyl (C=O) groups excluding carboxylic acids is 1. The Morgan fingerprint density at radius 1 is 1.30 bits per heavy atom. The largest absolute Gasteiger partial charge is 0.508 e. The Morgan fingerprint density at radius 2 is 2.04 bits per heavy atom. The zero-order valence-electron chi connectivity index (χ0n) is 12.8. The van der Waals surface area contributed by atoms with Crippen LogP contribution in [0.2, 0.25) is 5.02 Å². The molecule has 2 rings (SSSR count). The van der Waals surface area contributed by atoms with Crippen LogP contribution in [0.1, 0.15) is 16.7 Å². The average molecular weight is 336 g/mol. The molecule has 2 aromatic carbocycles. The van der Waals surface area contributed by atoms with Gasteiger partial charge in [0.25, 0.3) is 0 Å². The first-order chi connectivity index (χ1) is 10.9. The van der Waals surface area contributed by atoms with Gasteiger partial charge in [0.05, 0.1) is 5.69 Å². The lowest BCUT2D eigenvalue weighted by Crippen LogP contribution is -2.34. The number of anilines is 1. The van der Waals surface area contributed by atoms with Crippen molar-refractivity contribution >= 4 is 23.3 Å². The molecule has 0 aliphatic rings. The Bertz CT molecular complexity index is 735. The number of rotatable bonds is 4. The number of aryl methyl sites for hydroxylation is 2. The molecule has 23 heavy (non-hydrogen) atoms. The third-order valence-electron chi connectivity index (χ3n) is 3.36. The quantitative estimate of drug-likeness (QED) is 0.392. The second-order valence-electron chi connectivity index (χ2n) is 5.06. The molecule has 0 radical (unpaired) electrons. The van der Waals surface area contributed by atoms with E-state index < -0.39 is 6.03 Å². The number of amides is 2. The van der Waals surface area contributed by atoms with Crippen molar-refractivity contribution in [1.29, 1.82) is 0 Å². The zero-order valence-corrected chi connectivity index (χ0v) is 13.6. The van der Waals surface area contributed by atoms with Gasteiger partial charge in [-0.3, -0.25) is 5.43 Å². The highest BCUT2D eigenvalue weighted by atomic mass is 35.5. The van der Waals surface area contributed by atoms with Crippen molar-refractivity contribution < 1.29 is 14.6 Å². The number of aromatic hydroxyl groups is 1. The van der Waals surface area contributed by atoms with Gasteiger partial charge in [-0.05, 0) is 49.2 Å². The van der Waals surface area contributed by atoms with Crippen LogP contribution in [0.4, 0.5) is 10.5 Å². The number of hydrogen-bond donors (Lipinski definition) is 4. The molecule has 0 heterocycles. The molecule has 5 N–H and O–H groups in total. The molecular formula is C16H18ClN3O3. The Morgan fingerprint density at radius 3 is 2.74 bits per heavy atom. The molecule has 7 heteroatoms. The fraction of sp³-hybridized carbons (Fsp3) is 0.188. The van der Waals surface area contributed by atoms with Gasteiger partial charge in [0, 0.05) is 10.6 Å². The Kier molecular flexibility index (Phi) is 5.31. The van der Waals surface area contributed by atoms with Crippen LogP contribution in [0.25, 0.3) is 0 Å². The number of phenolic OH excluding ortho intramolecular Hbond substituents is 1. The molecular weight excluding hydrogens is 318 g/mol. The van der Waals surface area contributed by atoms with Crippen molar-refractivity contribution in [2.75, 3.05) is 5.32 Å². The van der Waals surface area contributed by atoms with E-state index in [1.807, 2.05) is 12.3 Å². The predicted octanol–water partition coefficient (Wildman–Crippen LogP) is 3.24. The number of carbonyl (C=O) groups is 1. The first-order valence-electron chi connectivity index (χ1n) is 6.90. The number of urea groups is 1. The summed E-state index contributed by atoms with van der Waals surface area (Å²) >= 11 is 6.20. The molecule has 122 valence electrons. The van der Waals surface area contributed by atoms with Crippen LogP contribution in [0, 0.1) is 13.8 Å². The average Bonchev–Trinajstić information content (AvgIpc) is 2.51. The number of benzene rings is 2. The number of hydrazine groups is 1. The van der Waals surface area contributed by atoms with Crippen LogP contribution in [-0.2, 0) is 6.61 Å². The fourth-order valence-electron chi connectivity index (χ4n) is 2.06. The monoisotopic (exact) mass is 335 g/mol. The van der Waals surface area contributed by atoms with Crippen LogP contribution >= 0.6 is 11.6 Å². The normalized spacial score (nSPS) is 10.3. The topological polar surface area (TPSA) is 96.6 Å². The second kappa shape index (κ2) is 7.21. The van der Waals surface area contributed by atoms with E-state index in [4.69, 9.17) is 22.2 Å². The molecule has 0 bridgehead atoms. The van der Waals surface area contributed by atoms with E-state index in [0.29, 0.717) is 27.6 Å². The zero-order chi connectivity index (χ0) is 17.0. The second-order valence-corrected chi connectivity index (χ2v) is 5.46. The summed E-state index contributed by atoms with van der Waals surface area (Å²) in [4.78, 5) is 11.4. The number of halogens is 1. The molecule has 6 nitrogen and oxygen atoms in total. The van der Waals surface area contributed by atoms with E-state index in [2.05, 4.69) is 5.32 Å². The van der Waals surface area contributed by atoms with E-state index in [-0.39, 0.29) is 12.4 Å². The van der Waals surface area contributed by atoms with Gasteiger partial charge in [0.1, 0.15) is 18.1 Å². The first kappa shape index (κ1) is 16.9. The molecule has 0 unspecified atom stereocenters.